The van der Waals surface area contributed by atoms with E-state index in [4.69, 9.17) is 5.11 Å². The van der Waals surface area contributed by atoms with Crippen LogP contribution in [0.4, 0.5) is 4.39 Å². The number of carboxylic acid groups (broad SMARTS) is 1. The number of hydrogen-bond donors (Lipinski definition) is 1. The molecule has 4 nitrogen and oxygen atoms in total. The largest absolute Gasteiger partial charge is 0.481 e. The van der Waals surface area contributed by atoms with Crippen LogP contribution in [-0.4, -0.2) is 31.0 Å². The van der Waals surface area contributed by atoms with Gasteiger partial charge in [0.1, 0.15) is 15.7 Å². The molecule has 19 heavy (non-hydrogen) atoms. The van der Waals surface area contributed by atoms with Crippen LogP contribution in [-0.2, 0) is 21.1 Å². The summed E-state index contributed by atoms with van der Waals surface area (Å²) in [6, 6.07) is 5.92. The molecular formula is C13H17FO4S. The third kappa shape index (κ3) is 4.98. The zero-order valence-corrected chi connectivity index (χ0v) is 11.5. The second kappa shape index (κ2) is 6.65. The van der Waals surface area contributed by atoms with Gasteiger partial charge in [-0.1, -0.05) is 25.1 Å². The SMILES string of the molecule is CCS(=O)(=O)CCC(Cc1ccccc1F)C(=O)O. The van der Waals surface area contributed by atoms with E-state index in [9.17, 15) is 17.6 Å². The van der Waals surface area contributed by atoms with Crippen LogP contribution < -0.4 is 0 Å². The summed E-state index contributed by atoms with van der Waals surface area (Å²) in [5.41, 5.74) is 0.295. The lowest BCUT2D eigenvalue weighted by atomic mass is 9.97. The molecule has 0 spiro atoms. The molecule has 0 bridgehead atoms. The Balaban J connectivity index is 2.75. The molecule has 1 aromatic carbocycles. The Morgan fingerprint density at radius 2 is 2.00 bits per heavy atom. The standard InChI is InChI=1S/C13H17FO4S/c1-2-19(17,18)8-7-11(13(15)16)9-10-5-3-4-6-12(10)14/h3-6,11H,2,7-9H2,1H3,(H,15,16). The van der Waals surface area contributed by atoms with Gasteiger partial charge in [-0.05, 0) is 24.5 Å². The molecule has 0 aliphatic heterocycles. The molecule has 0 aliphatic carbocycles. The van der Waals surface area contributed by atoms with Crippen LogP contribution in [0.15, 0.2) is 24.3 Å². The first kappa shape index (κ1) is 15.6. The summed E-state index contributed by atoms with van der Waals surface area (Å²) >= 11 is 0. The van der Waals surface area contributed by atoms with Gasteiger partial charge >= 0.3 is 5.97 Å². The fourth-order valence-corrected chi connectivity index (χ4v) is 2.64. The van der Waals surface area contributed by atoms with Crippen LogP contribution >= 0.6 is 0 Å². The van der Waals surface area contributed by atoms with Gasteiger partial charge in [0.2, 0.25) is 0 Å². The number of hydrogen-bond acceptors (Lipinski definition) is 3. The van der Waals surface area contributed by atoms with Crippen molar-refractivity contribution in [1.82, 2.24) is 0 Å². The van der Waals surface area contributed by atoms with Gasteiger partial charge in [0.25, 0.3) is 0 Å². The second-order valence-electron chi connectivity index (χ2n) is 4.36. The first-order chi connectivity index (χ1) is 8.85. The summed E-state index contributed by atoms with van der Waals surface area (Å²) in [7, 11) is -3.21. The van der Waals surface area contributed by atoms with Gasteiger partial charge in [-0.2, -0.15) is 0 Å². The third-order valence-corrected chi connectivity index (χ3v) is 4.73. The fourth-order valence-electron chi connectivity index (χ4n) is 1.71. The van der Waals surface area contributed by atoms with Crippen molar-refractivity contribution in [3.63, 3.8) is 0 Å². The molecule has 0 saturated carbocycles. The molecule has 1 N–H and O–H groups in total. The summed E-state index contributed by atoms with van der Waals surface area (Å²) in [4.78, 5) is 11.1. The Labute approximate surface area is 112 Å². The van der Waals surface area contributed by atoms with E-state index >= 15 is 0 Å². The minimum atomic E-state index is -3.21. The molecule has 0 aromatic heterocycles. The Bertz CT molecular complexity index is 539. The van der Waals surface area contributed by atoms with E-state index in [0.29, 0.717) is 5.56 Å². The molecule has 0 fully saturated rings. The van der Waals surface area contributed by atoms with E-state index in [1.807, 2.05) is 0 Å². The maximum Gasteiger partial charge on any atom is 0.306 e. The number of halogens is 1. The average Bonchev–Trinajstić information content (AvgIpc) is 2.36. The Morgan fingerprint density at radius 1 is 1.37 bits per heavy atom. The van der Waals surface area contributed by atoms with Crippen LogP contribution in [0.3, 0.4) is 0 Å². The monoisotopic (exact) mass is 288 g/mol. The van der Waals surface area contributed by atoms with Gasteiger partial charge < -0.3 is 5.11 Å². The van der Waals surface area contributed by atoms with E-state index in [2.05, 4.69) is 0 Å². The van der Waals surface area contributed by atoms with Crippen LogP contribution in [0.25, 0.3) is 0 Å². The van der Waals surface area contributed by atoms with Crippen molar-refractivity contribution in [2.45, 2.75) is 19.8 Å². The van der Waals surface area contributed by atoms with Gasteiger partial charge in [0, 0.05) is 5.75 Å². The van der Waals surface area contributed by atoms with Gasteiger partial charge in [-0.25, -0.2) is 12.8 Å². The average molecular weight is 288 g/mol. The van der Waals surface area contributed by atoms with Gasteiger partial charge in [0.05, 0.1) is 11.7 Å². The first-order valence-corrected chi connectivity index (χ1v) is 7.84. The summed E-state index contributed by atoms with van der Waals surface area (Å²) in [6.07, 6.45) is 0.00107. The van der Waals surface area contributed by atoms with Crippen molar-refractivity contribution in [2.75, 3.05) is 11.5 Å². The first-order valence-electron chi connectivity index (χ1n) is 6.02. The number of benzene rings is 1. The van der Waals surface area contributed by atoms with Crippen molar-refractivity contribution in [3.8, 4) is 0 Å². The van der Waals surface area contributed by atoms with Crippen molar-refractivity contribution in [3.05, 3.63) is 35.6 Å². The van der Waals surface area contributed by atoms with E-state index in [1.54, 1.807) is 6.07 Å². The number of carboxylic acids is 1. The highest BCUT2D eigenvalue weighted by atomic mass is 32.2. The van der Waals surface area contributed by atoms with E-state index in [1.165, 1.54) is 25.1 Å². The second-order valence-corrected chi connectivity index (χ2v) is 6.83. The Kier molecular flexibility index (Phi) is 5.47. The number of sulfone groups is 1. The fraction of sp³-hybridized carbons (Fsp3) is 0.462. The molecule has 6 heteroatoms. The van der Waals surface area contributed by atoms with Crippen molar-refractivity contribution < 1.29 is 22.7 Å². The highest BCUT2D eigenvalue weighted by Gasteiger charge is 2.22. The molecule has 106 valence electrons. The quantitative estimate of drug-likeness (QED) is 0.831. The number of aliphatic carboxylic acids is 1. The lowest BCUT2D eigenvalue weighted by Gasteiger charge is -2.12. The predicted octanol–water partition coefficient (Wildman–Crippen LogP) is 1.89. The van der Waals surface area contributed by atoms with Gasteiger partial charge in [-0.3, -0.25) is 4.79 Å². The van der Waals surface area contributed by atoms with Crippen molar-refractivity contribution in [2.24, 2.45) is 5.92 Å². The zero-order valence-electron chi connectivity index (χ0n) is 10.7. The Morgan fingerprint density at radius 3 is 2.53 bits per heavy atom. The summed E-state index contributed by atoms with van der Waals surface area (Å²) in [5, 5.41) is 9.08. The topological polar surface area (TPSA) is 71.4 Å². The summed E-state index contributed by atoms with van der Waals surface area (Å²) in [6.45, 7) is 1.52. The van der Waals surface area contributed by atoms with Crippen molar-refractivity contribution in [1.29, 1.82) is 0 Å². The molecule has 0 heterocycles. The highest BCUT2D eigenvalue weighted by Crippen LogP contribution is 2.16. The highest BCUT2D eigenvalue weighted by molar-refractivity contribution is 7.91. The van der Waals surface area contributed by atoms with Crippen LogP contribution in [0.5, 0.6) is 0 Å². The number of carbonyl (C=O) groups is 1. The van der Waals surface area contributed by atoms with Crippen LogP contribution in [0.1, 0.15) is 18.9 Å². The molecule has 0 aliphatic rings. The summed E-state index contributed by atoms with van der Waals surface area (Å²) < 4.78 is 36.2. The number of rotatable bonds is 7. The van der Waals surface area contributed by atoms with Crippen LogP contribution in [0, 0.1) is 11.7 Å². The minimum absolute atomic E-state index is 0.000158. The van der Waals surface area contributed by atoms with E-state index < -0.39 is 27.5 Å². The molecule has 0 saturated heterocycles. The lowest BCUT2D eigenvalue weighted by Crippen LogP contribution is -2.21. The molecular weight excluding hydrogens is 271 g/mol. The maximum atomic E-state index is 13.4. The van der Waals surface area contributed by atoms with Crippen LogP contribution in [0.2, 0.25) is 0 Å². The molecule has 0 amide bonds. The zero-order chi connectivity index (χ0) is 14.5. The summed E-state index contributed by atoms with van der Waals surface area (Å²) in [5.74, 6) is -2.66. The normalized spacial score (nSPS) is 13.2. The van der Waals surface area contributed by atoms with E-state index in [-0.39, 0.29) is 24.3 Å². The van der Waals surface area contributed by atoms with Gasteiger partial charge in [0.15, 0.2) is 0 Å². The predicted molar refractivity (Wildman–Crippen MR) is 70.2 cm³/mol. The molecule has 1 atom stereocenters. The third-order valence-electron chi connectivity index (χ3n) is 2.99. The minimum Gasteiger partial charge on any atom is -0.481 e. The van der Waals surface area contributed by atoms with E-state index in [0.717, 1.165) is 0 Å². The lowest BCUT2D eigenvalue weighted by molar-refractivity contribution is -0.141. The molecule has 1 unspecified atom stereocenters. The van der Waals surface area contributed by atoms with Crippen molar-refractivity contribution >= 4 is 15.8 Å². The molecule has 0 radical (unpaired) electrons. The smallest absolute Gasteiger partial charge is 0.306 e. The molecule has 1 rings (SSSR count). The maximum absolute atomic E-state index is 13.4. The Hall–Kier alpha value is -1.43. The molecule has 1 aromatic rings. The van der Waals surface area contributed by atoms with Gasteiger partial charge in [-0.15, -0.1) is 0 Å².